The van der Waals surface area contributed by atoms with Crippen molar-refractivity contribution in [2.45, 2.75) is 26.8 Å². The second-order valence-electron chi connectivity index (χ2n) is 3.82. The molecule has 0 heterocycles. The van der Waals surface area contributed by atoms with E-state index in [0.717, 1.165) is 19.6 Å². The first-order valence-corrected chi connectivity index (χ1v) is 5.79. The third-order valence-corrected chi connectivity index (χ3v) is 2.62. The molecule has 15 heavy (non-hydrogen) atoms. The van der Waals surface area contributed by atoms with E-state index in [1.165, 1.54) is 17.7 Å². The molecule has 1 aromatic rings. The van der Waals surface area contributed by atoms with E-state index in [1.807, 2.05) is 0 Å². The molecular weight excluding hydrogens is 184 g/mol. The Balaban J connectivity index is 2.68. The van der Waals surface area contributed by atoms with Gasteiger partial charge in [-0.3, -0.25) is 0 Å². The molecule has 84 valence electrons. The topological polar surface area (TPSA) is 15.3 Å². The molecule has 0 fully saturated rings. The van der Waals surface area contributed by atoms with Crippen molar-refractivity contribution in [1.82, 2.24) is 5.32 Å². The first-order chi connectivity index (χ1) is 7.29. The highest BCUT2D eigenvalue weighted by molar-refractivity contribution is 5.52. The van der Waals surface area contributed by atoms with Gasteiger partial charge in [-0.25, -0.2) is 0 Å². The van der Waals surface area contributed by atoms with Crippen LogP contribution in [-0.4, -0.2) is 20.1 Å². The van der Waals surface area contributed by atoms with Crippen LogP contribution in [0.4, 0.5) is 5.69 Å². The van der Waals surface area contributed by atoms with E-state index >= 15 is 0 Å². The van der Waals surface area contributed by atoms with Gasteiger partial charge in [0.25, 0.3) is 0 Å². The Morgan fingerprint density at radius 3 is 2.60 bits per heavy atom. The van der Waals surface area contributed by atoms with Gasteiger partial charge in [0.05, 0.1) is 0 Å². The zero-order valence-electron chi connectivity index (χ0n) is 10.1. The molecule has 0 spiro atoms. The highest BCUT2D eigenvalue weighted by atomic mass is 15.1. The monoisotopic (exact) mass is 206 g/mol. The lowest BCUT2D eigenvalue weighted by Crippen LogP contribution is -2.20. The molecule has 0 amide bonds. The summed E-state index contributed by atoms with van der Waals surface area (Å²) >= 11 is 0. The van der Waals surface area contributed by atoms with E-state index in [9.17, 15) is 0 Å². The molecule has 0 aliphatic carbocycles. The van der Waals surface area contributed by atoms with Crippen molar-refractivity contribution in [3.05, 3.63) is 29.8 Å². The van der Waals surface area contributed by atoms with Crippen LogP contribution in [0.15, 0.2) is 24.3 Å². The number of nitrogens with zero attached hydrogens (tertiary/aromatic N) is 1. The Morgan fingerprint density at radius 2 is 1.93 bits per heavy atom. The van der Waals surface area contributed by atoms with Gasteiger partial charge in [-0.2, -0.15) is 0 Å². The molecule has 0 aliphatic heterocycles. The maximum atomic E-state index is 3.44. The molecule has 0 radical (unpaired) electrons. The normalized spacial score (nSPS) is 10.3. The molecule has 0 atom stereocenters. The van der Waals surface area contributed by atoms with Gasteiger partial charge in [-0.1, -0.05) is 25.1 Å². The van der Waals surface area contributed by atoms with Gasteiger partial charge in [-0.15, -0.1) is 0 Å². The fraction of sp³-hybridized carbons (Fsp3) is 0.538. The van der Waals surface area contributed by atoms with Crippen LogP contribution >= 0.6 is 0 Å². The molecule has 0 bridgehead atoms. The largest absolute Gasteiger partial charge is 0.375 e. The Morgan fingerprint density at radius 1 is 1.20 bits per heavy atom. The van der Waals surface area contributed by atoms with Gasteiger partial charge < -0.3 is 10.2 Å². The van der Waals surface area contributed by atoms with Crippen LogP contribution < -0.4 is 10.2 Å². The van der Waals surface area contributed by atoms with E-state index in [-0.39, 0.29) is 0 Å². The Labute approximate surface area is 93.3 Å². The molecule has 1 rings (SSSR count). The minimum Gasteiger partial charge on any atom is -0.375 e. The van der Waals surface area contributed by atoms with Crippen molar-refractivity contribution < 1.29 is 0 Å². The van der Waals surface area contributed by atoms with Crippen molar-refractivity contribution >= 4 is 5.69 Å². The van der Waals surface area contributed by atoms with Crippen molar-refractivity contribution in [2.75, 3.05) is 25.0 Å². The molecular formula is C13H22N2. The Kier molecular flexibility index (Phi) is 5.19. The van der Waals surface area contributed by atoms with Gasteiger partial charge in [0, 0.05) is 25.8 Å². The average Bonchev–Trinajstić information content (AvgIpc) is 2.29. The molecule has 0 unspecified atom stereocenters. The summed E-state index contributed by atoms with van der Waals surface area (Å²) in [5, 5.41) is 3.44. The Bertz CT molecular complexity index is 284. The smallest absolute Gasteiger partial charge is 0.0409 e. The number of para-hydroxylation sites is 1. The number of hydrogen-bond acceptors (Lipinski definition) is 2. The van der Waals surface area contributed by atoms with Gasteiger partial charge in [0.2, 0.25) is 0 Å². The minimum atomic E-state index is 0.967. The van der Waals surface area contributed by atoms with Crippen LogP contribution in [0.5, 0.6) is 0 Å². The number of anilines is 1. The standard InChI is InChI=1S/C13H22N2/c1-4-10-14-11-12-8-6-7-9-13(12)15(3)5-2/h6-9,14H,4-5,10-11H2,1-3H3. The summed E-state index contributed by atoms with van der Waals surface area (Å²) < 4.78 is 0. The lowest BCUT2D eigenvalue weighted by atomic mass is 10.1. The summed E-state index contributed by atoms with van der Waals surface area (Å²) in [4.78, 5) is 2.28. The Hall–Kier alpha value is -1.02. The highest BCUT2D eigenvalue weighted by Gasteiger charge is 2.03. The summed E-state index contributed by atoms with van der Waals surface area (Å²) in [5.41, 5.74) is 2.72. The van der Waals surface area contributed by atoms with Gasteiger partial charge in [0.1, 0.15) is 0 Å². The minimum absolute atomic E-state index is 0.967. The summed E-state index contributed by atoms with van der Waals surface area (Å²) in [6.45, 7) is 7.47. The van der Waals surface area contributed by atoms with E-state index in [0.29, 0.717) is 0 Å². The second-order valence-corrected chi connectivity index (χ2v) is 3.82. The van der Waals surface area contributed by atoms with Gasteiger partial charge >= 0.3 is 0 Å². The summed E-state index contributed by atoms with van der Waals surface area (Å²) in [7, 11) is 2.14. The van der Waals surface area contributed by atoms with E-state index < -0.39 is 0 Å². The summed E-state index contributed by atoms with van der Waals surface area (Å²) in [6.07, 6.45) is 1.19. The zero-order valence-corrected chi connectivity index (χ0v) is 10.1. The molecule has 0 saturated heterocycles. The number of benzene rings is 1. The third-order valence-electron chi connectivity index (χ3n) is 2.62. The quantitative estimate of drug-likeness (QED) is 0.720. The molecule has 0 saturated carbocycles. The zero-order chi connectivity index (χ0) is 11.1. The van der Waals surface area contributed by atoms with Crippen LogP contribution in [0, 0.1) is 0 Å². The number of rotatable bonds is 6. The van der Waals surface area contributed by atoms with Gasteiger partial charge in [0.15, 0.2) is 0 Å². The summed E-state index contributed by atoms with van der Waals surface area (Å²) in [6, 6.07) is 8.59. The number of hydrogen-bond donors (Lipinski definition) is 1. The van der Waals surface area contributed by atoms with Crippen LogP contribution in [-0.2, 0) is 6.54 Å². The lowest BCUT2D eigenvalue weighted by molar-refractivity contribution is 0.674. The van der Waals surface area contributed by atoms with Crippen molar-refractivity contribution in [1.29, 1.82) is 0 Å². The third kappa shape index (κ3) is 3.56. The van der Waals surface area contributed by atoms with Crippen molar-refractivity contribution in [3.63, 3.8) is 0 Å². The van der Waals surface area contributed by atoms with E-state index in [4.69, 9.17) is 0 Å². The fourth-order valence-electron chi connectivity index (χ4n) is 1.60. The SMILES string of the molecule is CCCNCc1ccccc1N(C)CC. The number of nitrogens with one attached hydrogen (secondary N) is 1. The van der Waals surface area contributed by atoms with Crippen LogP contribution in [0.3, 0.4) is 0 Å². The lowest BCUT2D eigenvalue weighted by Gasteiger charge is -2.20. The summed E-state index contributed by atoms with van der Waals surface area (Å²) in [5.74, 6) is 0. The molecule has 0 aromatic heterocycles. The van der Waals surface area contributed by atoms with Crippen molar-refractivity contribution in [3.8, 4) is 0 Å². The maximum absolute atomic E-state index is 3.44. The first kappa shape index (κ1) is 12.1. The fourth-order valence-corrected chi connectivity index (χ4v) is 1.60. The predicted octanol–water partition coefficient (Wildman–Crippen LogP) is 2.64. The van der Waals surface area contributed by atoms with Crippen LogP contribution in [0.2, 0.25) is 0 Å². The molecule has 0 aliphatic rings. The van der Waals surface area contributed by atoms with Crippen LogP contribution in [0.25, 0.3) is 0 Å². The van der Waals surface area contributed by atoms with E-state index in [1.54, 1.807) is 0 Å². The van der Waals surface area contributed by atoms with Gasteiger partial charge in [-0.05, 0) is 31.5 Å². The first-order valence-electron chi connectivity index (χ1n) is 5.79. The van der Waals surface area contributed by atoms with E-state index in [2.05, 4.69) is 55.4 Å². The molecule has 2 heteroatoms. The molecule has 1 aromatic carbocycles. The van der Waals surface area contributed by atoms with Crippen LogP contribution in [0.1, 0.15) is 25.8 Å². The molecule has 1 N–H and O–H groups in total. The predicted molar refractivity (Wildman–Crippen MR) is 67.4 cm³/mol. The second kappa shape index (κ2) is 6.46. The highest BCUT2D eigenvalue weighted by Crippen LogP contribution is 2.18. The van der Waals surface area contributed by atoms with Crippen molar-refractivity contribution in [2.24, 2.45) is 0 Å². The molecule has 2 nitrogen and oxygen atoms in total. The average molecular weight is 206 g/mol. The maximum Gasteiger partial charge on any atom is 0.0409 e.